The Hall–Kier alpha value is -2.60. The van der Waals surface area contributed by atoms with Crippen molar-refractivity contribution < 1.29 is 9.53 Å². The first kappa shape index (κ1) is 14.8. The van der Waals surface area contributed by atoms with Crippen LogP contribution in [-0.2, 0) is 4.74 Å². The standard InChI is InChI=1S/C18H17NO2/c1-18(2,13-19)16(14-9-5-3-6-10-14)21-17(20)15-11-7-4-8-12-15/h3-12,16H,1-2H3/t16-/m0/s1. The lowest BCUT2D eigenvalue weighted by Crippen LogP contribution is -2.25. The fraction of sp³-hybridized carbons (Fsp3) is 0.222. The molecule has 0 aliphatic rings. The summed E-state index contributed by atoms with van der Waals surface area (Å²) in [7, 11) is 0. The van der Waals surface area contributed by atoms with Gasteiger partial charge in [0.25, 0.3) is 0 Å². The fourth-order valence-corrected chi connectivity index (χ4v) is 2.07. The topological polar surface area (TPSA) is 50.1 Å². The second-order valence-electron chi connectivity index (χ2n) is 5.40. The normalized spacial score (nSPS) is 12.2. The van der Waals surface area contributed by atoms with Gasteiger partial charge < -0.3 is 4.74 Å². The molecule has 0 heterocycles. The molecule has 106 valence electrons. The zero-order chi connectivity index (χ0) is 15.3. The van der Waals surface area contributed by atoms with Crippen molar-refractivity contribution in [1.82, 2.24) is 0 Å². The lowest BCUT2D eigenvalue weighted by molar-refractivity contribution is 0.00518. The van der Waals surface area contributed by atoms with Crippen molar-refractivity contribution in [2.24, 2.45) is 5.41 Å². The van der Waals surface area contributed by atoms with Crippen LogP contribution in [0.1, 0.15) is 35.9 Å². The van der Waals surface area contributed by atoms with Gasteiger partial charge in [0.2, 0.25) is 0 Å². The molecule has 0 aliphatic carbocycles. The highest BCUT2D eigenvalue weighted by atomic mass is 16.5. The molecular weight excluding hydrogens is 262 g/mol. The Morgan fingerprint density at radius 1 is 1.05 bits per heavy atom. The van der Waals surface area contributed by atoms with Crippen LogP contribution in [0.3, 0.4) is 0 Å². The molecule has 21 heavy (non-hydrogen) atoms. The molecule has 3 nitrogen and oxygen atoms in total. The first-order valence-electron chi connectivity index (χ1n) is 6.77. The highest BCUT2D eigenvalue weighted by Crippen LogP contribution is 2.36. The predicted octanol–water partition coefficient (Wildman–Crippen LogP) is 4.13. The van der Waals surface area contributed by atoms with Gasteiger partial charge in [-0.15, -0.1) is 0 Å². The van der Waals surface area contributed by atoms with Gasteiger partial charge in [-0.3, -0.25) is 0 Å². The molecular formula is C18H17NO2. The number of hydrogen-bond donors (Lipinski definition) is 0. The number of esters is 1. The Morgan fingerprint density at radius 2 is 1.57 bits per heavy atom. The third-order valence-corrected chi connectivity index (χ3v) is 3.28. The van der Waals surface area contributed by atoms with E-state index in [9.17, 15) is 10.1 Å². The summed E-state index contributed by atoms with van der Waals surface area (Å²) in [5.41, 5.74) is 0.478. The highest BCUT2D eigenvalue weighted by Gasteiger charge is 2.34. The Morgan fingerprint density at radius 3 is 2.10 bits per heavy atom. The Labute approximate surface area is 124 Å². The van der Waals surface area contributed by atoms with Crippen molar-refractivity contribution >= 4 is 5.97 Å². The third kappa shape index (κ3) is 3.49. The Balaban J connectivity index is 2.30. The van der Waals surface area contributed by atoms with Gasteiger partial charge in [0.1, 0.15) is 6.10 Å². The fourth-order valence-electron chi connectivity index (χ4n) is 2.07. The SMILES string of the molecule is CC(C)(C#N)[C@@H](OC(=O)c1ccccc1)c1ccccc1. The monoisotopic (exact) mass is 279 g/mol. The van der Waals surface area contributed by atoms with Crippen LogP contribution in [0.4, 0.5) is 0 Å². The highest BCUT2D eigenvalue weighted by molar-refractivity contribution is 5.89. The van der Waals surface area contributed by atoms with Crippen molar-refractivity contribution in [1.29, 1.82) is 5.26 Å². The van der Waals surface area contributed by atoms with Crippen molar-refractivity contribution in [3.05, 3.63) is 71.8 Å². The summed E-state index contributed by atoms with van der Waals surface area (Å²) < 4.78 is 5.62. The molecule has 0 amide bonds. The van der Waals surface area contributed by atoms with Gasteiger partial charge in [-0.2, -0.15) is 5.26 Å². The molecule has 0 radical (unpaired) electrons. The molecule has 0 saturated carbocycles. The zero-order valence-electron chi connectivity index (χ0n) is 12.1. The number of rotatable bonds is 4. The van der Waals surface area contributed by atoms with Crippen molar-refractivity contribution in [2.45, 2.75) is 20.0 Å². The first-order valence-corrected chi connectivity index (χ1v) is 6.77. The molecule has 0 N–H and O–H groups in total. The summed E-state index contributed by atoms with van der Waals surface area (Å²) in [6.45, 7) is 3.53. The summed E-state index contributed by atoms with van der Waals surface area (Å²) in [5.74, 6) is -0.423. The van der Waals surface area contributed by atoms with Crippen molar-refractivity contribution in [3.8, 4) is 6.07 Å². The summed E-state index contributed by atoms with van der Waals surface area (Å²) in [6, 6.07) is 20.4. The van der Waals surface area contributed by atoms with E-state index >= 15 is 0 Å². The Kier molecular flexibility index (Phi) is 4.39. The number of benzene rings is 2. The second-order valence-corrected chi connectivity index (χ2v) is 5.40. The van der Waals surface area contributed by atoms with Crippen LogP contribution >= 0.6 is 0 Å². The van der Waals surface area contributed by atoms with E-state index in [0.717, 1.165) is 5.56 Å². The van der Waals surface area contributed by atoms with E-state index in [4.69, 9.17) is 4.74 Å². The average molecular weight is 279 g/mol. The average Bonchev–Trinajstić information content (AvgIpc) is 2.54. The predicted molar refractivity (Wildman–Crippen MR) is 80.4 cm³/mol. The van der Waals surface area contributed by atoms with Crippen LogP contribution in [0, 0.1) is 16.7 Å². The minimum absolute atomic E-state index is 0.423. The molecule has 0 bridgehead atoms. The summed E-state index contributed by atoms with van der Waals surface area (Å²) in [5, 5.41) is 9.37. The quantitative estimate of drug-likeness (QED) is 0.790. The van der Waals surface area contributed by atoms with E-state index in [0.29, 0.717) is 5.56 Å². The van der Waals surface area contributed by atoms with Crippen LogP contribution in [0.15, 0.2) is 60.7 Å². The van der Waals surface area contributed by atoms with Crippen molar-refractivity contribution in [3.63, 3.8) is 0 Å². The maximum Gasteiger partial charge on any atom is 0.338 e. The van der Waals surface area contributed by atoms with Crippen LogP contribution in [0.25, 0.3) is 0 Å². The lowest BCUT2D eigenvalue weighted by Gasteiger charge is -2.28. The molecule has 2 rings (SSSR count). The molecule has 1 atom stereocenters. The van der Waals surface area contributed by atoms with Crippen LogP contribution in [0.2, 0.25) is 0 Å². The van der Waals surface area contributed by atoms with Gasteiger partial charge >= 0.3 is 5.97 Å². The van der Waals surface area contributed by atoms with E-state index < -0.39 is 17.5 Å². The van der Waals surface area contributed by atoms with Crippen LogP contribution in [-0.4, -0.2) is 5.97 Å². The van der Waals surface area contributed by atoms with Gasteiger partial charge in [0.05, 0.1) is 17.0 Å². The minimum Gasteiger partial charge on any atom is -0.452 e. The molecule has 0 aromatic heterocycles. The molecule has 2 aromatic rings. The Bertz CT molecular complexity index is 642. The van der Waals surface area contributed by atoms with E-state index in [1.165, 1.54) is 0 Å². The van der Waals surface area contributed by atoms with E-state index in [1.807, 2.05) is 36.4 Å². The first-order chi connectivity index (χ1) is 10.0. The smallest absolute Gasteiger partial charge is 0.338 e. The van der Waals surface area contributed by atoms with E-state index in [-0.39, 0.29) is 0 Å². The molecule has 3 heteroatoms. The number of hydrogen-bond acceptors (Lipinski definition) is 3. The van der Waals surface area contributed by atoms with Gasteiger partial charge in [-0.25, -0.2) is 4.79 Å². The van der Waals surface area contributed by atoms with Crippen LogP contribution in [0.5, 0.6) is 0 Å². The summed E-state index contributed by atoms with van der Waals surface area (Å²) >= 11 is 0. The number of nitrogens with zero attached hydrogens (tertiary/aromatic N) is 1. The van der Waals surface area contributed by atoms with Gasteiger partial charge in [0.15, 0.2) is 0 Å². The maximum atomic E-state index is 12.3. The summed E-state index contributed by atoms with van der Waals surface area (Å²) in [6.07, 6.45) is -0.614. The zero-order valence-corrected chi connectivity index (χ0v) is 12.1. The van der Waals surface area contributed by atoms with E-state index in [1.54, 1.807) is 38.1 Å². The lowest BCUT2D eigenvalue weighted by atomic mass is 9.84. The summed E-state index contributed by atoms with van der Waals surface area (Å²) in [4.78, 5) is 12.3. The van der Waals surface area contributed by atoms with Crippen molar-refractivity contribution in [2.75, 3.05) is 0 Å². The molecule has 0 unspecified atom stereocenters. The van der Waals surface area contributed by atoms with Gasteiger partial charge in [-0.05, 0) is 31.5 Å². The molecule has 0 aliphatic heterocycles. The number of carbonyl (C=O) groups is 1. The largest absolute Gasteiger partial charge is 0.452 e. The van der Waals surface area contributed by atoms with Crippen LogP contribution < -0.4 is 0 Å². The molecule has 2 aromatic carbocycles. The number of nitriles is 1. The van der Waals surface area contributed by atoms with Gasteiger partial charge in [0, 0.05) is 0 Å². The maximum absolute atomic E-state index is 12.3. The molecule has 0 fully saturated rings. The van der Waals surface area contributed by atoms with E-state index in [2.05, 4.69) is 6.07 Å². The third-order valence-electron chi connectivity index (χ3n) is 3.28. The van der Waals surface area contributed by atoms with Gasteiger partial charge in [-0.1, -0.05) is 48.5 Å². The second kappa shape index (κ2) is 6.23. The molecule has 0 saturated heterocycles. The number of carbonyl (C=O) groups excluding carboxylic acids is 1. The number of ether oxygens (including phenoxy) is 1. The molecule has 0 spiro atoms. The minimum atomic E-state index is -0.814.